The first-order valence-electron chi connectivity index (χ1n) is 10.9. The molecule has 0 aromatic heterocycles. The Morgan fingerprint density at radius 3 is 2.29 bits per heavy atom. The Morgan fingerprint density at radius 2 is 1.61 bits per heavy atom. The summed E-state index contributed by atoms with van der Waals surface area (Å²) in [4.78, 5) is 30.8. The van der Waals surface area contributed by atoms with Crippen LogP contribution >= 0.6 is 0 Å². The lowest BCUT2D eigenvalue weighted by Crippen LogP contribution is -2.47. The molecule has 2 aromatic carbocycles. The molecule has 164 valence electrons. The second-order valence-corrected chi connectivity index (χ2v) is 8.28. The van der Waals surface area contributed by atoms with Crippen molar-refractivity contribution in [2.24, 2.45) is 0 Å². The van der Waals surface area contributed by atoms with Crippen LogP contribution in [-0.2, 0) is 4.79 Å². The van der Waals surface area contributed by atoms with Crippen molar-refractivity contribution in [3.05, 3.63) is 59.2 Å². The van der Waals surface area contributed by atoms with Crippen molar-refractivity contribution in [1.82, 2.24) is 9.80 Å². The SMILES string of the molecule is COc1ccc([C@H]2[C@@H](C(=O)N3CCCCCC3)c3ccccc3C(=O)N2C)cc1OC. The summed E-state index contributed by atoms with van der Waals surface area (Å²) in [6.45, 7) is 1.54. The van der Waals surface area contributed by atoms with Crippen LogP contribution in [0.15, 0.2) is 42.5 Å². The number of likely N-dealkylation sites (tertiary alicyclic amines) is 1. The van der Waals surface area contributed by atoms with Crippen LogP contribution in [0.5, 0.6) is 11.5 Å². The van der Waals surface area contributed by atoms with Crippen molar-refractivity contribution in [2.75, 3.05) is 34.4 Å². The molecule has 0 bridgehead atoms. The third kappa shape index (κ3) is 3.87. The van der Waals surface area contributed by atoms with E-state index in [4.69, 9.17) is 9.47 Å². The van der Waals surface area contributed by atoms with Crippen LogP contribution in [0, 0.1) is 0 Å². The third-order valence-electron chi connectivity index (χ3n) is 6.51. The summed E-state index contributed by atoms with van der Waals surface area (Å²) in [5.41, 5.74) is 2.27. The number of nitrogens with zero attached hydrogens (tertiary/aromatic N) is 2. The van der Waals surface area contributed by atoms with E-state index in [0.29, 0.717) is 17.1 Å². The molecule has 0 aliphatic carbocycles. The van der Waals surface area contributed by atoms with E-state index in [-0.39, 0.29) is 11.8 Å². The molecule has 2 aliphatic heterocycles. The molecule has 6 nitrogen and oxygen atoms in total. The van der Waals surface area contributed by atoms with Gasteiger partial charge in [-0.3, -0.25) is 9.59 Å². The molecule has 2 atom stereocenters. The largest absolute Gasteiger partial charge is 0.493 e. The number of carbonyl (C=O) groups is 2. The Kier molecular flexibility index (Phi) is 6.16. The zero-order valence-corrected chi connectivity index (χ0v) is 18.5. The second-order valence-electron chi connectivity index (χ2n) is 8.28. The molecule has 2 aliphatic rings. The van der Waals surface area contributed by atoms with Gasteiger partial charge in [-0.2, -0.15) is 0 Å². The van der Waals surface area contributed by atoms with Crippen molar-refractivity contribution in [3.8, 4) is 11.5 Å². The number of fused-ring (bicyclic) bond motifs is 1. The van der Waals surface area contributed by atoms with E-state index in [1.807, 2.05) is 47.4 Å². The molecule has 2 aromatic rings. The summed E-state index contributed by atoms with van der Waals surface area (Å²) in [5.74, 6) is 0.756. The van der Waals surface area contributed by atoms with Gasteiger partial charge in [-0.1, -0.05) is 37.1 Å². The molecular formula is C25H30N2O4. The fraction of sp³-hybridized carbons (Fsp3) is 0.440. The number of hydrogen-bond donors (Lipinski definition) is 0. The molecule has 0 radical (unpaired) electrons. The van der Waals surface area contributed by atoms with Crippen LogP contribution in [0.3, 0.4) is 0 Å². The quantitative estimate of drug-likeness (QED) is 0.747. The lowest BCUT2D eigenvalue weighted by molar-refractivity contribution is -0.134. The highest BCUT2D eigenvalue weighted by molar-refractivity contribution is 6.01. The van der Waals surface area contributed by atoms with Gasteiger partial charge in [-0.15, -0.1) is 0 Å². The highest BCUT2D eigenvalue weighted by Crippen LogP contribution is 2.44. The smallest absolute Gasteiger partial charge is 0.254 e. The number of carbonyl (C=O) groups excluding carboxylic acids is 2. The first-order valence-corrected chi connectivity index (χ1v) is 10.9. The number of amides is 2. The van der Waals surface area contributed by atoms with Crippen LogP contribution in [0.1, 0.15) is 59.1 Å². The average molecular weight is 423 g/mol. The lowest BCUT2D eigenvalue weighted by Gasteiger charge is -2.41. The Morgan fingerprint density at radius 1 is 0.935 bits per heavy atom. The molecule has 31 heavy (non-hydrogen) atoms. The van der Waals surface area contributed by atoms with Crippen LogP contribution < -0.4 is 9.47 Å². The normalized spacial score (nSPS) is 21.3. The minimum atomic E-state index is -0.463. The number of methoxy groups -OCH3 is 2. The van der Waals surface area contributed by atoms with Gasteiger partial charge in [0.2, 0.25) is 5.91 Å². The van der Waals surface area contributed by atoms with Gasteiger partial charge in [-0.05, 0) is 42.2 Å². The van der Waals surface area contributed by atoms with Crippen LogP contribution in [0.2, 0.25) is 0 Å². The van der Waals surface area contributed by atoms with Gasteiger partial charge in [0, 0.05) is 25.7 Å². The molecular weight excluding hydrogens is 392 g/mol. The monoisotopic (exact) mass is 422 g/mol. The topological polar surface area (TPSA) is 59.1 Å². The molecule has 1 saturated heterocycles. The summed E-state index contributed by atoms with van der Waals surface area (Å²) in [6, 6.07) is 12.7. The number of rotatable bonds is 4. The van der Waals surface area contributed by atoms with Crippen LogP contribution in [-0.4, -0.2) is 56.0 Å². The number of ether oxygens (including phenoxy) is 2. The van der Waals surface area contributed by atoms with E-state index in [0.717, 1.165) is 49.9 Å². The van der Waals surface area contributed by atoms with Crippen LogP contribution in [0.4, 0.5) is 0 Å². The Labute approximate surface area is 183 Å². The predicted molar refractivity (Wildman–Crippen MR) is 119 cm³/mol. The standard InChI is InChI=1S/C25H30N2O4/c1-26-23(17-12-13-20(30-2)21(16-17)31-3)22(18-10-6-7-11-19(18)24(26)28)25(29)27-14-8-4-5-9-15-27/h6-7,10-13,16,22-23H,4-5,8-9,14-15H2,1-3H3/t22-,23-/m0/s1. The molecule has 6 heteroatoms. The van der Waals surface area contributed by atoms with Crippen molar-refractivity contribution in [3.63, 3.8) is 0 Å². The summed E-state index contributed by atoms with van der Waals surface area (Å²) in [6.07, 6.45) is 4.36. The number of benzene rings is 2. The fourth-order valence-corrected chi connectivity index (χ4v) is 4.88. The molecule has 2 amide bonds. The predicted octanol–water partition coefficient (Wildman–Crippen LogP) is 4.02. The van der Waals surface area contributed by atoms with Gasteiger partial charge in [-0.25, -0.2) is 0 Å². The first kappa shape index (κ1) is 21.2. The molecule has 0 spiro atoms. The van der Waals surface area contributed by atoms with E-state index in [2.05, 4.69) is 0 Å². The molecule has 4 rings (SSSR count). The van der Waals surface area contributed by atoms with Gasteiger partial charge >= 0.3 is 0 Å². The van der Waals surface area contributed by atoms with Gasteiger partial charge in [0.1, 0.15) is 0 Å². The van der Waals surface area contributed by atoms with Crippen molar-refractivity contribution in [1.29, 1.82) is 0 Å². The second kappa shape index (κ2) is 9.00. The highest BCUT2D eigenvalue weighted by Gasteiger charge is 2.44. The molecule has 0 saturated carbocycles. The zero-order chi connectivity index (χ0) is 22.0. The molecule has 0 unspecified atom stereocenters. The van der Waals surface area contributed by atoms with Gasteiger partial charge in [0.05, 0.1) is 26.2 Å². The van der Waals surface area contributed by atoms with Crippen LogP contribution in [0.25, 0.3) is 0 Å². The van der Waals surface area contributed by atoms with Gasteiger partial charge in [0.15, 0.2) is 11.5 Å². The van der Waals surface area contributed by atoms with E-state index >= 15 is 0 Å². The van der Waals surface area contributed by atoms with Gasteiger partial charge in [0.25, 0.3) is 5.91 Å². The molecule has 1 fully saturated rings. The maximum atomic E-state index is 13.9. The fourth-order valence-electron chi connectivity index (χ4n) is 4.88. The summed E-state index contributed by atoms with van der Waals surface area (Å²) < 4.78 is 10.9. The minimum Gasteiger partial charge on any atom is -0.493 e. The van der Waals surface area contributed by atoms with E-state index in [1.54, 1.807) is 26.2 Å². The van der Waals surface area contributed by atoms with E-state index < -0.39 is 12.0 Å². The zero-order valence-electron chi connectivity index (χ0n) is 18.5. The molecule has 2 heterocycles. The average Bonchev–Trinajstić information content (AvgIpc) is 3.10. The van der Waals surface area contributed by atoms with Crippen molar-refractivity contribution < 1.29 is 19.1 Å². The number of hydrogen-bond acceptors (Lipinski definition) is 4. The summed E-state index contributed by atoms with van der Waals surface area (Å²) >= 11 is 0. The maximum absolute atomic E-state index is 13.9. The Hall–Kier alpha value is -3.02. The Balaban J connectivity index is 1.83. The molecule has 0 N–H and O–H groups in total. The van der Waals surface area contributed by atoms with E-state index in [9.17, 15) is 9.59 Å². The maximum Gasteiger partial charge on any atom is 0.254 e. The highest BCUT2D eigenvalue weighted by atomic mass is 16.5. The lowest BCUT2D eigenvalue weighted by atomic mass is 9.79. The van der Waals surface area contributed by atoms with Crippen molar-refractivity contribution >= 4 is 11.8 Å². The summed E-state index contributed by atoms with van der Waals surface area (Å²) in [5, 5.41) is 0. The van der Waals surface area contributed by atoms with Gasteiger partial charge < -0.3 is 19.3 Å². The Bertz CT molecular complexity index is 966. The minimum absolute atomic E-state index is 0.0738. The van der Waals surface area contributed by atoms with E-state index in [1.165, 1.54) is 0 Å². The third-order valence-corrected chi connectivity index (χ3v) is 6.51. The van der Waals surface area contributed by atoms with Crippen molar-refractivity contribution in [2.45, 2.75) is 37.6 Å². The number of likely N-dealkylation sites (N-methyl/N-ethyl adjacent to an activating group) is 1. The summed E-state index contributed by atoms with van der Waals surface area (Å²) in [7, 11) is 4.96. The first-order chi connectivity index (χ1) is 15.1.